The molecule has 0 fully saturated rings. The first-order valence-electron chi connectivity index (χ1n) is 3.90. The van der Waals surface area contributed by atoms with Crippen molar-refractivity contribution in [2.45, 2.75) is 13.1 Å². The van der Waals surface area contributed by atoms with Crippen LogP contribution in [0.3, 0.4) is 0 Å². The number of esters is 1. The number of ether oxygens (including phenoxy) is 1. The minimum absolute atomic E-state index is 0.0452. The Labute approximate surface area is 96.2 Å². The lowest BCUT2D eigenvalue weighted by molar-refractivity contribution is -0.134. The third-order valence-corrected chi connectivity index (χ3v) is 3.14. The van der Waals surface area contributed by atoms with E-state index in [0.29, 0.717) is 11.3 Å². The van der Waals surface area contributed by atoms with E-state index in [2.05, 4.69) is 20.7 Å². The maximum Gasteiger partial charge on any atom is 0.426 e. The highest BCUT2D eigenvalue weighted by Crippen LogP contribution is 2.40. The molecule has 2 nitrogen and oxygen atoms in total. The van der Waals surface area contributed by atoms with E-state index in [4.69, 9.17) is 0 Å². The van der Waals surface area contributed by atoms with Crippen LogP contribution in [-0.2, 0) is 10.9 Å². The van der Waals surface area contributed by atoms with Crippen LogP contribution < -0.4 is 0 Å². The molecule has 0 aliphatic heterocycles. The average Bonchev–Trinajstić information content (AvgIpc) is 2.47. The van der Waals surface area contributed by atoms with Gasteiger partial charge in [0, 0.05) is 0 Å². The summed E-state index contributed by atoms with van der Waals surface area (Å²) in [7, 11) is 0. The molecule has 1 rings (SSSR count). The zero-order chi connectivity index (χ0) is 11.6. The zero-order valence-electron chi connectivity index (χ0n) is 7.52. The number of carbonyl (C=O) groups excluding carboxylic acids is 1. The van der Waals surface area contributed by atoms with Crippen LogP contribution in [0.5, 0.6) is 0 Å². The van der Waals surface area contributed by atoms with Crippen molar-refractivity contribution in [1.29, 1.82) is 0 Å². The van der Waals surface area contributed by atoms with E-state index in [1.165, 1.54) is 6.92 Å². The molecule has 0 saturated heterocycles. The third-order valence-electron chi connectivity index (χ3n) is 1.45. The van der Waals surface area contributed by atoms with Crippen molar-refractivity contribution in [1.82, 2.24) is 0 Å². The molecule has 0 unspecified atom stereocenters. The molecule has 15 heavy (non-hydrogen) atoms. The predicted octanol–water partition coefficient (Wildman–Crippen LogP) is 3.71. The number of alkyl halides is 3. The van der Waals surface area contributed by atoms with E-state index in [0.717, 1.165) is 6.07 Å². The molecule has 0 atom stereocenters. The van der Waals surface area contributed by atoms with Gasteiger partial charge in [0.15, 0.2) is 0 Å². The molecule has 7 heteroatoms. The first-order valence-corrected chi connectivity index (χ1v) is 5.51. The zero-order valence-corrected chi connectivity index (χ0v) is 9.92. The van der Waals surface area contributed by atoms with Gasteiger partial charge in [-0.05, 0) is 28.9 Å². The van der Waals surface area contributed by atoms with Crippen molar-refractivity contribution in [2.75, 3.05) is 6.61 Å². The quantitative estimate of drug-likeness (QED) is 0.779. The Balaban J connectivity index is 3.12. The third kappa shape index (κ3) is 2.94. The molecule has 0 radical (unpaired) electrons. The molecule has 0 saturated carbocycles. The topological polar surface area (TPSA) is 26.3 Å². The second kappa shape index (κ2) is 4.52. The number of thiophene rings is 1. The summed E-state index contributed by atoms with van der Waals surface area (Å²) in [5.74, 6) is -0.952. The predicted molar refractivity (Wildman–Crippen MR) is 53.0 cm³/mol. The molecule has 1 aromatic rings. The van der Waals surface area contributed by atoms with Gasteiger partial charge in [-0.25, -0.2) is 4.79 Å². The van der Waals surface area contributed by atoms with Crippen molar-refractivity contribution in [3.05, 3.63) is 20.3 Å². The Kier molecular flexibility index (Phi) is 3.77. The lowest BCUT2D eigenvalue weighted by atomic mass is 10.2. The summed E-state index contributed by atoms with van der Waals surface area (Å²) < 4.78 is 42.1. The Bertz CT molecular complexity index is 372. The summed E-state index contributed by atoms with van der Waals surface area (Å²) in [6, 6.07) is 1.12. The molecule has 0 bridgehead atoms. The molecular weight excluding hydrogens is 297 g/mol. The van der Waals surface area contributed by atoms with Gasteiger partial charge in [-0.2, -0.15) is 13.2 Å². The number of rotatable bonds is 2. The van der Waals surface area contributed by atoms with Gasteiger partial charge in [0.05, 0.1) is 16.0 Å². The van der Waals surface area contributed by atoms with Gasteiger partial charge in [0.1, 0.15) is 4.88 Å². The van der Waals surface area contributed by atoms with Gasteiger partial charge in [0.25, 0.3) is 0 Å². The van der Waals surface area contributed by atoms with Gasteiger partial charge in [-0.3, -0.25) is 0 Å². The molecule has 0 aliphatic carbocycles. The van der Waals surface area contributed by atoms with Crippen LogP contribution in [-0.4, -0.2) is 12.6 Å². The van der Waals surface area contributed by atoms with E-state index in [1.807, 2.05) is 0 Å². The van der Waals surface area contributed by atoms with Crippen LogP contribution >= 0.6 is 27.3 Å². The minimum Gasteiger partial charge on any atom is -0.462 e. The second-order valence-corrected chi connectivity index (χ2v) is 4.94. The van der Waals surface area contributed by atoms with E-state index >= 15 is 0 Å². The normalized spacial score (nSPS) is 11.5. The number of halogens is 4. The fraction of sp³-hybridized carbons (Fsp3) is 0.375. The Morgan fingerprint density at radius 3 is 2.67 bits per heavy atom. The van der Waals surface area contributed by atoms with Crippen LogP contribution in [0.2, 0.25) is 0 Å². The summed E-state index contributed by atoms with van der Waals surface area (Å²) in [6.45, 7) is 1.58. The first kappa shape index (κ1) is 12.5. The molecule has 0 amide bonds. The van der Waals surface area contributed by atoms with E-state index in [-0.39, 0.29) is 10.4 Å². The smallest absolute Gasteiger partial charge is 0.426 e. The summed E-state index contributed by atoms with van der Waals surface area (Å²) in [4.78, 5) is 10.3. The van der Waals surface area contributed by atoms with Crippen molar-refractivity contribution in [3.63, 3.8) is 0 Å². The minimum atomic E-state index is -4.53. The summed E-state index contributed by atoms with van der Waals surface area (Å²) in [5.41, 5.74) is -0.443. The highest BCUT2D eigenvalue weighted by Gasteiger charge is 2.38. The standard InChI is InChI=1S/C8H6BrF3O2S/c1-2-14-7(13)4-3-5(9)15-6(4)8(10,11)12/h3H,2H2,1H3. The molecule has 0 aromatic carbocycles. The van der Waals surface area contributed by atoms with Crippen molar-refractivity contribution < 1.29 is 22.7 Å². The van der Waals surface area contributed by atoms with Crippen molar-refractivity contribution >= 4 is 33.2 Å². The monoisotopic (exact) mass is 302 g/mol. The van der Waals surface area contributed by atoms with E-state index in [9.17, 15) is 18.0 Å². The van der Waals surface area contributed by atoms with Crippen LogP contribution in [0.4, 0.5) is 13.2 Å². The summed E-state index contributed by atoms with van der Waals surface area (Å²) in [5, 5.41) is 0. The maximum absolute atomic E-state index is 12.4. The van der Waals surface area contributed by atoms with Gasteiger partial charge in [-0.1, -0.05) is 0 Å². The first-order chi connectivity index (χ1) is 6.86. The average molecular weight is 303 g/mol. The Morgan fingerprint density at radius 1 is 1.60 bits per heavy atom. The summed E-state index contributed by atoms with van der Waals surface area (Å²) >= 11 is 3.37. The fourth-order valence-electron chi connectivity index (χ4n) is 0.932. The van der Waals surface area contributed by atoms with Crippen molar-refractivity contribution in [3.8, 4) is 0 Å². The fourth-order valence-corrected chi connectivity index (χ4v) is 2.39. The van der Waals surface area contributed by atoms with Crippen LogP contribution in [0.1, 0.15) is 22.2 Å². The van der Waals surface area contributed by atoms with Gasteiger partial charge in [0.2, 0.25) is 0 Å². The number of hydrogen-bond acceptors (Lipinski definition) is 3. The van der Waals surface area contributed by atoms with Gasteiger partial charge >= 0.3 is 12.1 Å². The molecule has 0 aliphatic rings. The highest BCUT2D eigenvalue weighted by atomic mass is 79.9. The second-order valence-electron chi connectivity index (χ2n) is 2.51. The molecule has 84 valence electrons. The maximum atomic E-state index is 12.4. The van der Waals surface area contributed by atoms with Crippen molar-refractivity contribution in [2.24, 2.45) is 0 Å². The number of hydrogen-bond donors (Lipinski definition) is 0. The molecule has 1 heterocycles. The lowest BCUT2D eigenvalue weighted by Crippen LogP contribution is -2.11. The van der Waals surface area contributed by atoms with Crippen LogP contribution in [0, 0.1) is 0 Å². The lowest BCUT2D eigenvalue weighted by Gasteiger charge is -2.06. The van der Waals surface area contributed by atoms with Gasteiger partial charge in [-0.15, -0.1) is 11.3 Å². The highest BCUT2D eigenvalue weighted by molar-refractivity contribution is 9.11. The molecular formula is C8H6BrF3O2S. The van der Waals surface area contributed by atoms with E-state index < -0.39 is 22.6 Å². The van der Waals surface area contributed by atoms with E-state index in [1.54, 1.807) is 0 Å². The molecule has 0 N–H and O–H groups in total. The van der Waals surface area contributed by atoms with Crippen LogP contribution in [0.25, 0.3) is 0 Å². The Morgan fingerprint density at radius 2 is 2.20 bits per heavy atom. The number of carbonyl (C=O) groups is 1. The Hall–Kier alpha value is -0.560. The SMILES string of the molecule is CCOC(=O)c1cc(Br)sc1C(F)(F)F. The van der Waals surface area contributed by atoms with Crippen LogP contribution in [0.15, 0.2) is 9.85 Å². The summed E-state index contributed by atoms with van der Waals surface area (Å²) in [6.07, 6.45) is -4.53. The van der Waals surface area contributed by atoms with Gasteiger partial charge < -0.3 is 4.74 Å². The molecule has 1 aromatic heterocycles. The molecule has 0 spiro atoms. The largest absolute Gasteiger partial charge is 0.462 e.